The number of rotatable bonds is 1. The van der Waals surface area contributed by atoms with Gasteiger partial charge in [0.1, 0.15) is 5.15 Å². The summed E-state index contributed by atoms with van der Waals surface area (Å²) in [5.74, 6) is 0.773. The van der Waals surface area contributed by atoms with Gasteiger partial charge in [0.05, 0.1) is 5.02 Å². The zero-order valence-corrected chi connectivity index (χ0v) is 9.52. The number of nitrogens with zero attached hydrogens (tertiary/aromatic N) is 1. The van der Waals surface area contributed by atoms with E-state index in [0.29, 0.717) is 16.2 Å². The summed E-state index contributed by atoms with van der Waals surface area (Å²) in [5.41, 5.74) is 2.43. The molecule has 3 rings (SSSR count). The first-order chi connectivity index (χ1) is 7.24. The number of halogens is 2. The smallest absolute Gasteiger partial charge is 0.147 e. The molecular weight excluding hydrogens is 231 g/mol. The van der Waals surface area contributed by atoms with Gasteiger partial charge in [0, 0.05) is 18.8 Å². The van der Waals surface area contributed by atoms with E-state index < -0.39 is 0 Å². The molecule has 1 aliphatic heterocycles. The molecule has 78 valence electrons. The van der Waals surface area contributed by atoms with E-state index in [1.165, 1.54) is 5.57 Å². The Kier molecular flexibility index (Phi) is 2.23. The highest BCUT2D eigenvalue weighted by molar-refractivity contribution is 6.41. The van der Waals surface area contributed by atoms with Crippen molar-refractivity contribution < 1.29 is 0 Å². The van der Waals surface area contributed by atoms with E-state index >= 15 is 0 Å². The molecule has 2 unspecified atom stereocenters. The maximum atomic E-state index is 5.94. The summed E-state index contributed by atoms with van der Waals surface area (Å²) < 4.78 is 0. The van der Waals surface area contributed by atoms with Crippen LogP contribution in [0.15, 0.2) is 18.3 Å². The van der Waals surface area contributed by atoms with Crippen LogP contribution in [0.4, 0.5) is 0 Å². The van der Waals surface area contributed by atoms with E-state index in [-0.39, 0.29) is 0 Å². The van der Waals surface area contributed by atoms with E-state index in [2.05, 4.69) is 16.4 Å². The van der Waals surface area contributed by atoms with Crippen molar-refractivity contribution in [2.45, 2.75) is 12.5 Å². The van der Waals surface area contributed by atoms with Crippen molar-refractivity contribution in [2.75, 3.05) is 6.54 Å². The number of pyridine rings is 1. The predicted octanol–water partition coefficient (Wildman–Crippen LogP) is 2.76. The van der Waals surface area contributed by atoms with E-state index in [4.69, 9.17) is 23.2 Å². The van der Waals surface area contributed by atoms with Crippen molar-refractivity contribution in [2.24, 2.45) is 5.92 Å². The number of hydrogen-bond donors (Lipinski definition) is 1. The van der Waals surface area contributed by atoms with E-state index in [1.807, 2.05) is 6.07 Å². The summed E-state index contributed by atoms with van der Waals surface area (Å²) in [6.07, 6.45) is 5.19. The van der Waals surface area contributed by atoms with Gasteiger partial charge in [-0.1, -0.05) is 29.3 Å². The topological polar surface area (TPSA) is 24.9 Å². The quantitative estimate of drug-likeness (QED) is 0.764. The zero-order chi connectivity index (χ0) is 10.4. The number of aromatic nitrogens is 1. The Bertz CT molecular complexity index is 442. The fourth-order valence-electron chi connectivity index (χ4n) is 2.19. The Hall–Kier alpha value is -0.570. The lowest BCUT2D eigenvalue weighted by atomic mass is 9.94. The minimum absolute atomic E-state index is 0.375. The second-order valence-corrected chi connectivity index (χ2v) is 4.85. The Labute approximate surface area is 98.3 Å². The molecular formula is C11H10Cl2N2. The number of allylic oxidation sites excluding steroid dienone is 1. The van der Waals surface area contributed by atoms with Crippen LogP contribution in [0.3, 0.4) is 0 Å². The van der Waals surface area contributed by atoms with Gasteiger partial charge in [0.15, 0.2) is 0 Å². The first kappa shape index (κ1) is 9.64. The average Bonchev–Trinajstić information content (AvgIpc) is 2.48. The molecule has 0 radical (unpaired) electrons. The zero-order valence-electron chi connectivity index (χ0n) is 8.00. The molecule has 4 heteroatoms. The van der Waals surface area contributed by atoms with Gasteiger partial charge >= 0.3 is 0 Å². The first-order valence-electron chi connectivity index (χ1n) is 4.99. The lowest BCUT2D eigenvalue weighted by Gasteiger charge is -2.31. The lowest BCUT2D eigenvalue weighted by Crippen LogP contribution is -2.49. The van der Waals surface area contributed by atoms with Crippen LogP contribution < -0.4 is 5.32 Å². The van der Waals surface area contributed by atoms with Gasteiger partial charge in [-0.3, -0.25) is 0 Å². The molecule has 0 bridgehead atoms. The minimum Gasteiger partial charge on any atom is -0.310 e. The summed E-state index contributed by atoms with van der Waals surface area (Å²) >= 11 is 11.7. The minimum atomic E-state index is 0.375. The van der Waals surface area contributed by atoms with Gasteiger partial charge in [-0.05, 0) is 29.5 Å². The fraction of sp³-hybridized carbons (Fsp3) is 0.364. The molecule has 1 fully saturated rings. The van der Waals surface area contributed by atoms with Crippen molar-refractivity contribution >= 4 is 28.8 Å². The van der Waals surface area contributed by atoms with E-state index in [0.717, 1.165) is 24.4 Å². The highest BCUT2D eigenvalue weighted by Crippen LogP contribution is 2.37. The second-order valence-electron chi connectivity index (χ2n) is 4.09. The van der Waals surface area contributed by atoms with Crippen molar-refractivity contribution in [3.05, 3.63) is 34.1 Å². The normalized spacial score (nSPS) is 28.3. The molecule has 0 spiro atoms. The van der Waals surface area contributed by atoms with E-state index in [1.54, 1.807) is 6.20 Å². The monoisotopic (exact) mass is 240 g/mol. The third-order valence-electron chi connectivity index (χ3n) is 3.15. The molecule has 0 amide bonds. The molecule has 15 heavy (non-hydrogen) atoms. The molecule has 2 heterocycles. The molecule has 2 aliphatic rings. The Morgan fingerprint density at radius 1 is 1.40 bits per heavy atom. The molecule has 0 aromatic carbocycles. The maximum absolute atomic E-state index is 5.94. The Morgan fingerprint density at radius 3 is 2.80 bits per heavy atom. The molecule has 2 atom stereocenters. The van der Waals surface area contributed by atoms with Gasteiger partial charge < -0.3 is 5.32 Å². The van der Waals surface area contributed by atoms with Crippen LogP contribution in [-0.4, -0.2) is 17.6 Å². The van der Waals surface area contributed by atoms with Gasteiger partial charge in [0.2, 0.25) is 0 Å². The summed E-state index contributed by atoms with van der Waals surface area (Å²) in [5, 5.41) is 4.28. The molecule has 1 aromatic heterocycles. The van der Waals surface area contributed by atoms with Crippen LogP contribution in [0, 0.1) is 5.92 Å². The molecule has 1 saturated heterocycles. The average molecular weight is 241 g/mol. The van der Waals surface area contributed by atoms with Crippen molar-refractivity contribution in [1.82, 2.24) is 10.3 Å². The molecule has 2 nitrogen and oxygen atoms in total. The summed E-state index contributed by atoms with van der Waals surface area (Å²) in [6, 6.07) is 2.46. The van der Waals surface area contributed by atoms with E-state index in [9.17, 15) is 0 Å². The summed E-state index contributed by atoms with van der Waals surface area (Å²) in [7, 11) is 0. The van der Waals surface area contributed by atoms with Gasteiger partial charge in [-0.15, -0.1) is 0 Å². The van der Waals surface area contributed by atoms with Crippen LogP contribution in [0.1, 0.15) is 12.0 Å². The molecule has 1 aromatic rings. The van der Waals surface area contributed by atoms with Gasteiger partial charge in [-0.2, -0.15) is 0 Å². The van der Waals surface area contributed by atoms with Crippen molar-refractivity contribution in [1.29, 1.82) is 0 Å². The highest BCUT2D eigenvalue weighted by Gasteiger charge is 2.34. The predicted molar refractivity (Wildman–Crippen MR) is 62.1 cm³/mol. The standard InChI is InChI=1S/C11H10Cl2N2/c12-9-2-7(4-15-11(9)13)6-1-8-5-14-10(8)3-6/h2-4,8,10,14H,1,5H2. The second kappa shape index (κ2) is 3.48. The van der Waals surface area contributed by atoms with Crippen LogP contribution >= 0.6 is 23.2 Å². The largest absolute Gasteiger partial charge is 0.310 e. The third kappa shape index (κ3) is 1.57. The third-order valence-corrected chi connectivity index (χ3v) is 3.84. The van der Waals surface area contributed by atoms with Crippen LogP contribution in [0.25, 0.3) is 5.57 Å². The Balaban J connectivity index is 1.93. The van der Waals surface area contributed by atoms with Crippen LogP contribution in [0.2, 0.25) is 10.2 Å². The van der Waals surface area contributed by atoms with Gasteiger partial charge in [0.25, 0.3) is 0 Å². The fourth-order valence-corrected chi connectivity index (χ4v) is 2.46. The summed E-state index contributed by atoms with van der Waals surface area (Å²) in [6.45, 7) is 1.12. The van der Waals surface area contributed by atoms with Crippen LogP contribution in [-0.2, 0) is 0 Å². The van der Waals surface area contributed by atoms with Crippen molar-refractivity contribution in [3.63, 3.8) is 0 Å². The highest BCUT2D eigenvalue weighted by atomic mass is 35.5. The SMILES string of the molecule is Clc1cc(C2=CC3NCC3C2)cnc1Cl. The first-order valence-corrected chi connectivity index (χ1v) is 5.75. The molecule has 1 aliphatic carbocycles. The Morgan fingerprint density at radius 2 is 2.27 bits per heavy atom. The molecule has 1 N–H and O–H groups in total. The summed E-state index contributed by atoms with van der Waals surface area (Å²) in [4.78, 5) is 4.07. The lowest BCUT2D eigenvalue weighted by molar-refractivity contribution is 0.301. The number of hydrogen-bond acceptors (Lipinski definition) is 2. The maximum Gasteiger partial charge on any atom is 0.147 e. The number of fused-ring (bicyclic) bond motifs is 1. The van der Waals surface area contributed by atoms with Crippen LogP contribution in [0.5, 0.6) is 0 Å². The van der Waals surface area contributed by atoms with Crippen molar-refractivity contribution in [3.8, 4) is 0 Å². The number of nitrogens with one attached hydrogen (secondary N) is 1. The van der Waals surface area contributed by atoms with Gasteiger partial charge in [-0.25, -0.2) is 4.98 Å². The molecule has 0 saturated carbocycles.